The highest BCUT2D eigenvalue weighted by atomic mass is 16.2. The van der Waals surface area contributed by atoms with Gasteiger partial charge in [0.15, 0.2) is 0 Å². The molecule has 0 aliphatic carbocycles. The van der Waals surface area contributed by atoms with Gasteiger partial charge in [-0.2, -0.15) is 0 Å². The normalized spacial score (nSPS) is 19.1. The quantitative estimate of drug-likeness (QED) is 0.768. The number of nitrogens with two attached hydrogens (primary N) is 1. The van der Waals surface area contributed by atoms with Gasteiger partial charge in [-0.05, 0) is 23.3 Å². The molecule has 0 unspecified atom stereocenters. The van der Waals surface area contributed by atoms with Crippen LogP contribution in [0, 0.1) is 0 Å². The van der Waals surface area contributed by atoms with Crippen LogP contribution in [0.5, 0.6) is 0 Å². The summed E-state index contributed by atoms with van der Waals surface area (Å²) >= 11 is 0. The van der Waals surface area contributed by atoms with E-state index in [1.165, 1.54) is 11.1 Å². The first kappa shape index (κ1) is 11.3. The molecule has 0 aromatic heterocycles. The summed E-state index contributed by atoms with van der Waals surface area (Å²) in [7, 11) is 0. The average Bonchev–Trinajstić information content (AvgIpc) is 2.92. The van der Waals surface area contributed by atoms with Gasteiger partial charge in [0.25, 0.3) is 0 Å². The van der Waals surface area contributed by atoms with Crippen molar-refractivity contribution in [2.45, 2.75) is 13.1 Å². The van der Waals surface area contributed by atoms with Gasteiger partial charge < -0.3 is 16.0 Å². The summed E-state index contributed by atoms with van der Waals surface area (Å²) in [5.74, 6) is 0. The lowest BCUT2D eigenvalue weighted by Gasteiger charge is -2.19. The van der Waals surface area contributed by atoms with Crippen LogP contribution in [-0.2, 0) is 13.1 Å². The van der Waals surface area contributed by atoms with Crippen LogP contribution in [0.3, 0.4) is 0 Å². The predicted molar refractivity (Wildman–Crippen MR) is 69.9 cm³/mol. The number of benzene rings is 1. The molecule has 1 aromatic carbocycles. The molecule has 0 radical (unpaired) electrons. The van der Waals surface area contributed by atoms with E-state index in [4.69, 9.17) is 5.73 Å². The largest absolute Gasteiger partial charge is 0.399 e. The fourth-order valence-electron chi connectivity index (χ4n) is 2.63. The molecule has 1 aromatic rings. The lowest BCUT2D eigenvalue weighted by atomic mass is 10.1. The van der Waals surface area contributed by atoms with Crippen LogP contribution in [0.4, 0.5) is 10.5 Å². The Hall–Kier alpha value is -1.75. The highest BCUT2D eigenvalue weighted by Gasteiger charge is 2.22. The molecule has 0 atom stereocenters. The van der Waals surface area contributed by atoms with Gasteiger partial charge in [-0.1, -0.05) is 6.07 Å². The van der Waals surface area contributed by atoms with Gasteiger partial charge in [0.2, 0.25) is 0 Å². The molecule has 2 aliphatic heterocycles. The molecular formula is C13H18N4O. The zero-order valence-electron chi connectivity index (χ0n) is 10.4. The molecule has 5 nitrogen and oxygen atoms in total. The lowest BCUT2D eigenvalue weighted by molar-refractivity contribution is 0.201. The monoisotopic (exact) mass is 246 g/mol. The number of anilines is 1. The van der Waals surface area contributed by atoms with Crippen LogP contribution in [0.1, 0.15) is 11.1 Å². The first-order valence-electron chi connectivity index (χ1n) is 6.35. The van der Waals surface area contributed by atoms with Gasteiger partial charge in [0, 0.05) is 45.0 Å². The summed E-state index contributed by atoms with van der Waals surface area (Å²) in [6.07, 6.45) is 0. The Morgan fingerprint density at radius 3 is 2.83 bits per heavy atom. The van der Waals surface area contributed by atoms with Crippen molar-refractivity contribution < 1.29 is 4.79 Å². The maximum atomic E-state index is 11.4. The van der Waals surface area contributed by atoms with E-state index < -0.39 is 0 Å². The number of fused-ring (bicyclic) bond motifs is 1. The third-order valence-corrected chi connectivity index (χ3v) is 3.65. The number of nitrogens with zero attached hydrogens (tertiary/aromatic N) is 2. The van der Waals surface area contributed by atoms with Crippen LogP contribution in [0.2, 0.25) is 0 Å². The summed E-state index contributed by atoms with van der Waals surface area (Å²) in [6, 6.07) is 6.18. The highest BCUT2D eigenvalue weighted by molar-refractivity contribution is 5.76. The second kappa shape index (κ2) is 4.49. The Morgan fingerprint density at radius 2 is 2.06 bits per heavy atom. The Labute approximate surface area is 107 Å². The number of nitrogens with one attached hydrogen (secondary N) is 1. The minimum absolute atomic E-state index is 0.0657. The maximum absolute atomic E-state index is 11.4. The highest BCUT2D eigenvalue weighted by Crippen LogP contribution is 2.24. The van der Waals surface area contributed by atoms with Crippen LogP contribution in [0.25, 0.3) is 0 Å². The van der Waals surface area contributed by atoms with E-state index in [-0.39, 0.29) is 6.03 Å². The number of carbonyl (C=O) groups is 1. The summed E-state index contributed by atoms with van der Waals surface area (Å²) in [5.41, 5.74) is 9.29. The SMILES string of the molecule is Nc1ccc2c(c1)CN(CCN1CCNC1=O)C2. The Bertz CT molecular complexity index is 474. The van der Waals surface area contributed by atoms with Gasteiger partial charge in [0.05, 0.1) is 0 Å². The fraction of sp³-hybridized carbons (Fsp3) is 0.462. The predicted octanol–water partition coefficient (Wildman–Crippen LogP) is 0.610. The van der Waals surface area contributed by atoms with E-state index in [9.17, 15) is 4.79 Å². The van der Waals surface area contributed by atoms with Crippen LogP contribution >= 0.6 is 0 Å². The third kappa shape index (κ3) is 2.13. The number of nitrogen functional groups attached to an aromatic ring is 1. The molecule has 2 heterocycles. The Kier molecular flexibility index (Phi) is 2.83. The first-order chi connectivity index (χ1) is 8.72. The fourth-order valence-corrected chi connectivity index (χ4v) is 2.63. The molecule has 0 saturated carbocycles. The van der Waals surface area contributed by atoms with E-state index in [1.54, 1.807) is 0 Å². The van der Waals surface area contributed by atoms with Crippen molar-refractivity contribution in [1.29, 1.82) is 0 Å². The molecule has 2 amide bonds. The second-order valence-electron chi connectivity index (χ2n) is 4.96. The Balaban J connectivity index is 1.56. The number of hydrogen-bond acceptors (Lipinski definition) is 3. The smallest absolute Gasteiger partial charge is 0.317 e. The summed E-state index contributed by atoms with van der Waals surface area (Å²) in [6.45, 7) is 5.22. The Morgan fingerprint density at radius 1 is 1.22 bits per heavy atom. The summed E-state index contributed by atoms with van der Waals surface area (Å²) < 4.78 is 0. The number of carbonyl (C=O) groups excluding carboxylic acids is 1. The number of amides is 2. The van der Waals surface area contributed by atoms with Crippen molar-refractivity contribution in [3.05, 3.63) is 29.3 Å². The number of rotatable bonds is 3. The zero-order valence-corrected chi connectivity index (χ0v) is 10.4. The molecule has 0 bridgehead atoms. The van der Waals surface area contributed by atoms with Crippen molar-refractivity contribution in [3.63, 3.8) is 0 Å². The minimum atomic E-state index is 0.0657. The van der Waals surface area contributed by atoms with Gasteiger partial charge in [-0.3, -0.25) is 4.90 Å². The number of hydrogen-bond donors (Lipinski definition) is 2. The molecule has 96 valence electrons. The molecule has 3 rings (SSSR count). The molecule has 2 aliphatic rings. The van der Waals surface area contributed by atoms with Gasteiger partial charge in [-0.15, -0.1) is 0 Å². The first-order valence-corrected chi connectivity index (χ1v) is 6.35. The molecular weight excluding hydrogens is 228 g/mol. The minimum Gasteiger partial charge on any atom is -0.399 e. The van der Waals surface area contributed by atoms with Crippen molar-refractivity contribution in [1.82, 2.24) is 15.1 Å². The van der Waals surface area contributed by atoms with Crippen molar-refractivity contribution in [3.8, 4) is 0 Å². The number of urea groups is 1. The zero-order chi connectivity index (χ0) is 12.5. The topological polar surface area (TPSA) is 61.6 Å². The molecule has 18 heavy (non-hydrogen) atoms. The van der Waals surface area contributed by atoms with Crippen LogP contribution < -0.4 is 11.1 Å². The lowest BCUT2D eigenvalue weighted by Crippen LogP contribution is -2.35. The average molecular weight is 246 g/mol. The van der Waals surface area contributed by atoms with Crippen molar-refractivity contribution >= 4 is 11.7 Å². The van der Waals surface area contributed by atoms with E-state index in [2.05, 4.69) is 22.3 Å². The van der Waals surface area contributed by atoms with Crippen molar-refractivity contribution in [2.75, 3.05) is 31.9 Å². The van der Waals surface area contributed by atoms with E-state index in [0.29, 0.717) is 0 Å². The van der Waals surface area contributed by atoms with E-state index in [1.807, 2.05) is 11.0 Å². The summed E-state index contributed by atoms with van der Waals surface area (Å²) in [5, 5.41) is 2.82. The van der Waals surface area contributed by atoms with Gasteiger partial charge in [-0.25, -0.2) is 4.79 Å². The molecule has 5 heteroatoms. The van der Waals surface area contributed by atoms with Crippen LogP contribution in [0.15, 0.2) is 18.2 Å². The van der Waals surface area contributed by atoms with Crippen molar-refractivity contribution in [2.24, 2.45) is 0 Å². The van der Waals surface area contributed by atoms with E-state index in [0.717, 1.165) is 45.0 Å². The molecule has 3 N–H and O–H groups in total. The summed E-state index contributed by atoms with van der Waals surface area (Å²) in [4.78, 5) is 15.7. The molecule has 1 saturated heterocycles. The maximum Gasteiger partial charge on any atom is 0.317 e. The van der Waals surface area contributed by atoms with Gasteiger partial charge >= 0.3 is 6.03 Å². The third-order valence-electron chi connectivity index (χ3n) is 3.65. The molecule has 0 spiro atoms. The second-order valence-corrected chi connectivity index (χ2v) is 4.96. The van der Waals surface area contributed by atoms with Crippen LogP contribution in [-0.4, -0.2) is 42.0 Å². The van der Waals surface area contributed by atoms with E-state index >= 15 is 0 Å². The van der Waals surface area contributed by atoms with Gasteiger partial charge in [0.1, 0.15) is 0 Å². The standard InChI is InChI=1S/C13H18N4O/c14-12-2-1-10-8-16(9-11(10)7-12)5-6-17-4-3-15-13(17)18/h1-2,7H,3-6,8-9,14H2,(H,15,18). The molecule has 1 fully saturated rings.